The van der Waals surface area contributed by atoms with E-state index in [1.165, 1.54) is 12.1 Å². The van der Waals surface area contributed by atoms with Crippen molar-refractivity contribution in [2.45, 2.75) is 0 Å². The third-order valence-corrected chi connectivity index (χ3v) is 2.55. The van der Waals surface area contributed by atoms with E-state index in [0.717, 1.165) is 0 Å². The van der Waals surface area contributed by atoms with Gasteiger partial charge in [0.15, 0.2) is 17.4 Å². The monoisotopic (exact) mass is 292 g/mol. The number of aliphatic hydroxyl groups excluding tert-OH is 1. The molecule has 0 aromatic heterocycles. The largest absolute Gasteiger partial charge is 0.488 e. The lowest BCUT2D eigenvalue weighted by Crippen LogP contribution is -2.15. The third kappa shape index (κ3) is 2.61. The SMILES string of the molecule is N/C(=N/O)c1ccc(OCCO)c(F)c1Br. The lowest BCUT2D eigenvalue weighted by Gasteiger charge is -2.09. The fourth-order valence-electron chi connectivity index (χ4n) is 1.05. The van der Waals surface area contributed by atoms with Gasteiger partial charge in [0, 0.05) is 5.56 Å². The quantitative estimate of drug-likeness (QED) is 0.335. The van der Waals surface area contributed by atoms with Crippen molar-refractivity contribution in [3.63, 3.8) is 0 Å². The second-order valence-corrected chi connectivity index (χ2v) is 3.59. The van der Waals surface area contributed by atoms with Crippen molar-refractivity contribution in [2.24, 2.45) is 10.9 Å². The Balaban J connectivity index is 3.08. The van der Waals surface area contributed by atoms with Gasteiger partial charge >= 0.3 is 0 Å². The Morgan fingerprint density at radius 1 is 1.56 bits per heavy atom. The van der Waals surface area contributed by atoms with Crippen LogP contribution in [0.3, 0.4) is 0 Å². The maximum Gasteiger partial charge on any atom is 0.179 e. The molecule has 0 bridgehead atoms. The van der Waals surface area contributed by atoms with Gasteiger partial charge in [-0.1, -0.05) is 5.16 Å². The van der Waals surface area contributed by atoms with Gasteiger partial charge in [-0.15, -0.1) is 0 Å². The number of hydrogen-bond acceptors (Lipinski definition) is 4. The molecule has 0 saturated heterocycles. The Morgan fingerprint density at radius 3 is 2.81 bits per heavy atom. The second-order valence-electron chi connectivity index (χ2n) is 2.80. The van der Waals surface area contributed by atoms with E-state index in [1.807, 2.05) is 0 Å². The van der Waals surface area contributed by atoms with Gasteiger partial charge in [0.2, 0.25) is 0 Å². The van der Waals surface area contributed by atoms with Crippen LogP contribution >= 0.6 is 15.9 Å². The molecule has 1 aromatic rings. The molecule has 0 aliphatic carbocycles. The number of benzene rings is 1. The van der Waals surface area contributed by atoms with Gasteiger partial charge < -0.3 is 20.8 Å². The van der Waals surface area contributed by atoms with Gasteiger partial charge in [-0.25, -0.2) is 4.39 Å². The minimum Gasteiger partial charge on any atom is -0.488 e. The van der Waals surface area contributed by atoms with Crippen LogP contribution in [0.5, 0.6) is 5.75 Å². The van der Waals surface area contributed by atoms with E-state index in [-0.39, 0.29) is 34.8 Å². The number of oxime groups is 1. The summed E-state index contributed by atoms with van der Waals surface area (Å²) in [5.74, 6) is -0.896. The number of nitrogens with two attached hydrogens (primary N) is 1. The van der Waals surface area contributed by atoms with Crippen LogP contribution in [0.1, 0.15) is 5.56 Å². The van der Waals surface area contributed by atoms with E-state index < -0.39 is 5.82 Å². The molecular formula is C9H10BrFN2O3. The van der Waals surface area contributed by atoms with Crippen molar-refractivity contribution < 1.29 is 19.4 Å². The average molecular weight is 293 g/mol. The molecule has 0 aliphatic heterocycles. The number of amidine groups is 1. The van der Waals surface area contributed by atoms with Crippen LogP contribution in [-0.4, -0.2) is 29.4 Å². The van der Waals surface area contributed by atoms with Crippen LogP contribution < -0.4 is 10.5 Å². The van der Waals surface area contributed by atoms with Crippen LogP contribution in [0, 0.1) is 5.82 Å². The minimum atomic E-state index is -0.669. The van der Waals surface area contributed by atoms with Gasteiger partial charge in [-0.3, -0.25) is 0 Å². The minimum absolute atomic E-state index is 0.00766. The second kappa shape index (κ2) is 5.66. The van der Waals surface area contributed by atoms with E-state index >= 15 is 0 Å². The molecule has 0 unspecified atom stereocenters. The van der Waals surface area contributed by atoms with E-state index in [0.29, 0.717) is 0 Å². The molecule has 0 atom stereocenters. The predicted octanol–water partition coefficient (Wildman–Crippen LogP) is 1.05. The summed E-state index contributed by atoms with van der Waals surface area (Å²) < 4.78 is 18.6. The van der Waals surface area contributed by atoms with Gasteiger partial charge in [0.05, 0.1) is 11.1 Å². The molecule has 7 heteroatoms. The first-order valence-corrected chi connectivity index (χ1v) is 5.10. The molecule has 0 radical (unpaired) electrons. The van der Waals surface area contributed by atoms with Crippen LogP contribution in [0.2, 0.25) is 0 Å². The van der Waals surface area contributed by atoms with Crippen molar-refractivity contribution in [3.05, 3.63) is 28.0 Å². The van der Waals surface area contributed by atoms with E-state index in [1.54, 1.807) is 0 Å². The molecule has 4 N–H and O–H groups in total. The average Bonchev–Trinajstić information content (AvgIpc) is 2.30. The zero-order chi connectivity index (χ0) is 12.1. The highest BCUT2D eigenvalue weighted by molar-refractivity contribution is 9.10. The highest BCUT2D eigenvalue weighted by Gasteiger charge is 2.14. The number of aliphatic hydroxyl groups is 1. The van der Waals surface area contributed by atoms with E-state index in [9.17, 15) is 4.39 Å². The Hall–Kier alpha value is -1.34. The lowest BCUT2D eigenvalue weighted by atomic mass is 10.2. The Labute approximate surface area is 99.5 Å². The van der Waals surface area contributed by atoms with Gasteiger partial charge in [-0.05, 0) is 28.1 Å². The smallest absolute Gasteiger partial charge is 0.179 e. The van der Waals surface area contributed by atoms with Crippen LogP contribution in [-0.2, 0) is 0 Å². The predicted molar refractivity (Wildman–Crippen MR) is 59.2 cm³/mol. The number of nitrogens with zero attached hydrogens (tertiary/aromatic N) is 1. The summed E-state index contributed by atoms with van der Waals surface area (Å²) in [5, 5.41) is 19.8. The molecule has 16 heavy (non-hydrogen) atoms. The van der Waals surface area contributed by atoms with Crippen molar-refractivity contribution >= 4 is 21.8 Å². The zero-order valence-corrected chi connectivity index (χ0v) is 9.74. The fraction of sp³-hybridized carbons (Fsp3) is 0.222. The van der Waals surface area contributed by atoms with Crippen molar-refractivity contribution in [1.29, 1.82) is 0 Å². The number of halogens is 2. The van der Waals surface area contributed by atoms with E-state index in [4.69, 9.17) is 20.8 Å². The summed E-state index contributed by atoms with van der Waals surface area (Å²) in [5.41, 5.74) is 5.56. The first-order valence-electron chi connectivity index (χ1n) is 4.31. The summed E-state index contributed by atoms with van der Waals surface area (Å²) in [7, 11) is 0. The normalized spacial score (nSPS) is 11.6. The highest BCUT2D eigenvalue weighted by atomic mass is 79.9. The molecule has 88 valence electrons. The van der Waals surface area contributed by atoms with Gasteiger partial charge in [0.25, 0.3) is 0 Å². The number of rotatable bonds is 4. The highest BCUT2D eigenvalue weighted by Crippen LogP contribution is 2.28. The molecular weight excluding hydrogens is 283 g/mol. The molecule has 0 heterocycles. The number of hydrogen-bond donors (Lipinski definition) is 3. The molecule has 5 nitrogen and oxygen atoms in total. The van der Waals surface area contributed by atoms with Crippen LogP contribution in [0.25, 0.3) is 0 Å². The zero-order valence-electron chi connectivity index (χ0n) is 8.15. The molecule has 0 amide bonds. The van der Waals surface area contributed by atoms with Gasteiger partial charge in [-0.2, -0.15) is 0 Å². The van der Waals surface area contributed by atoms with Crippen molar-refractivity contribution in [3.8, 4) is 5.75 Å². The Bertz CT molecular complexity index is 412. The van der Waals surface area contributed by atoms with E-state index in [2.05, 4.69) is 21.1 Å². The first kappa shape index (κ1) is 12.7. The fourth-order valence-corrected chi connectivity index (χ4v) is 1.58. The van der Waals surface area contributed by atoms with Crippen LogP contribution in [0.4, 0.5) is 4.39 Å². The molecule has 1 rings (SSSR count). The summed E-state index contributed by atoms with van der Waals surface area (Å²) >= 11 is 2.97. The molecule has 1 aromatic carbocycles. The first-order chi connectivity index (χ1) is 7.61. The standard InChI is InChI=1S/C9H10BrFN2O3/c10-7-5(9(12)13-15)1-2-6(8(7)11)16-4-3-14/h1-2,14-15H,3-4H2,(H2,12,13). The van der Waals surface area contributed by atoms with Gasteiger partial charge in [0.1, 0.15) is 6.61 Å². The summed E-state index contributed by atoms with van der Waals surface area (Å²) in [6.07, 6.45) is 0. The van der Waals surface area contributed by atoms with Crippen molar-refractivity contribution in [2.75, 3.05) is 13.2 Å². The molecule has 0 fully saturated rings. The van der Waals surface area contributed by atoms with Crippen molar-refractivity contribution in [1.82, 2.24) is 0 Å². The summed E-state index contributed by atoms with van der Waals surface area (Å²) in [6.45, 7) is -0.217. The maximum absolute atomic E-state index is 13.6. The van der Waals surface area contributed by atoms with Crippen LogP contribution in [0.15, 0.2) is 21.8 Å². The Morgan fingerprint density at radius 2 is 2.25 bits per heavy atom. The molecule has 0 aliphatic rings. The Kier molecular flexibility index (Phi) is 4.51. The maximum atomic E-state index is 13.6. The number of ether oxygens (including phenoxy) is 1. The summed E-state index contributed by atoms with van der Waals surface area (Å²) in [6, 6.07) is 2.78. The third-order valence-electron chi connectivity index (χ3n) is 1.78. The molecule has 0 spiro atoms. The summed E-state index contributed by atoms with van der Waals surface area (Å²) in [4.78, 5) is 0. The lowest BCUT2D eigenvalue weighted by molar-refractivity contribution is 0.196. The topological polar surface area (TPSA) is 88.1 Å². The molecule has 0 saturated carbocycles.